The van der Waals surface area contributed by atoms with E-state index in [-0.39, 0.29) is 5.92 Å². The fourth-order valence-corrected chi connectivity index (χ4v) is 1.28. The van der Waals surface area contributed by atoms with Gasteiger partial charge in [-0.25, -0.2) is 0 Å². The minimum atomic E-state index is 0.205. The Balaban J connectivity index is 3.06. The van der Waals surface area contributed by atoms with E-state index in [0.29, 0.717) is 0 Å². The van der Waals surface area contributed by atoms with Crippen molar-refractivity contribution in [1.29, 1.82) is 0 Å². The number of hydrogen-bond acceptors (Lipinski definition) is 0. The lowest BCUT2D eigenvalue weighted by atomic mass is 10.0. The van der Waals surface area contributed by atoms with Crippen LogP contribution < -0.4 is 0 Å². The zero-order valence-corrected chi connectivity index (χ0v) is 8.85. The molecule has 0 aliphatic rings. The molecule has 0 saturated heterocycles. The smallest absolute Gasteiger partial charge is 0.0421 e. The highest BCUT2D eigenvalue weighted by atomic mass is 79.9. The van der Waals surface area contributed by atoms with E-state index in [1.807, 2.05) is 13.0 Å². The van der Waals surface area contributed by atoms with E-state index in [2.05, 4.69) is 40.9 Å². The van der Waals surface area contributed by atoms with E-state index >= 15 is 0 Å². The van der Waals surface area contributed by atoms with Gasteiger partial charge in [0.25, 0.3) is 0 Å². The molecule has 0 bridgehead atoms. The predicted octanol–water partition coefficient (Wildman–Crippen LogP) is 3.49. The Morgan fingerprint density at radius 2 is 2.17 bits per heavy atom. The van der Waals surface area contributed by atoms with Gasteiger partial charge in [-0.2, -0.15) is 0 Å². The fourth-order valence-electron chi connectivity index (χ4n) is 1.03. The number of rotatable bonds is 1. The molecule has 0 aliphatic heterocycles. The van der Waals surface area contributed by atoms with E-state index in [9.17, 15) is 0 Å². The second-order valence-corrected chi connectivity index (χ2v) is 3.75. The molecule has 1 heteroatoms. The van der Waals surface area contributed by atoms with Gasteiger partial charge in [0.15, 0.2) is 0 Å². The quantitative estimate of drug-likeness (QED) is 0.639. The standard InChI is InChI=1S/C11H11Br/c1-4-8(2)10-5-6-11(12)9(3)7-10/h1,5-8H,2-3H3. The van der Waals surface area contributed by atoms with Gasteiger partial charge in [-0.05, 0) is 31.0 Å². The summed E-state index contributed by atoms with van der Waals surface area (Å²) in [6.45, 7) is 4.10. The van der Waals surface area contributed by atoms with Crippen molar-refractivity contribution in [2.45, 2.75) is 19.8 Å². The molecular weight excluding hydrogens is 212 g/mol. The number of halogens is 1. The molecule has 0 saturated carbocycles. The molecule has 1 rings (SSSR count). The molecule has 12 heavy (non-hydrogen) atoms. The first-order valence-electron chi connectivity index (χ1n) is 3.87. The van der Waals surface area contributed by atoms with Crippen LogP contribution in [-0.2, 0) is 0 Å². The summed E-state index contributed by atoms with van der Waals surface area (Å²) >= 11 is 3.45. The predicted molar refractivity (Wildman–Crippen MR) is 56.1 cm³/mol. The summed E-state index contributed by atoms with van der Waals surface area (Å²) < 4.78 is 1.13. The van der Waals surface area contributed by atoms with Crippen molar-refractivity contribution in [3.8, 4) is 12.3 Å². The van der Waals surface area contributed by atoms with Gasteiger partial charge in [-0.15, -0.1) is 6.42 Å². The molecular formula is C11H11Br. The Bertz CT molecular complexity index is 320. The van der Waals surface area contributed by atoms with Crippen molar-refractivity contribution in [3.63, 3.8) is 0 Å². The van der Waals surface area contributed by atoms with Gasteiger partial charge in [-0.1, -0.05) is 34.0 Å². The SMILES string of the molecule is C#CC(C)c1ccc(Br)c(C)c1. The molecule has 1 atom stereocenters. The Labute approximate surface area is 82.1 Å². The Morgan fingerprint density at radius 3 is 2.67 bits per heavy atom. The van der Waals surface area contributed by atoms with Crippen molar-refractivity contribution in [1.82, 2.24) is 0 Å². The normalized spacial score (nSPS) is 12.2. The Hall–Kier alpha value is -0.740. The van der Waals surface area contributed by atoms with Gasteiger partial charge in [0.05, 0.1) is 0 Å². The lowest BCUT2D eigenvalue weighted by Gasteiger charge is -2.06. The third kappa shape index (κ3) is 1.89. The molecule has 0 spiro atoms. The van der Waals surface area contributed by atoms with Crippen LogP contribution >= 0.6 is 15.9 Å². The van der Waals surface area contributed by atoms with Gasteiger partial charge in [0.2, 0.25) is 0 Å². The summed E-state index contributed by atoms with van der Waals surface area (Å²) in [5, 5.41) is 0. The molecule has 0 radical (unpaired) electrons. The Morgan fingerprint density at radius 1 is 1.50 bits per heavy atom. The minimum absolute atomic E-state index is 0.205. The van der Waals surface area contributed by atoms with E-state index in [4.69, 9.17) is 6.42 Å². The summed E-state index contributed by atoms with van der Waals surface area (Å²) in [6, 6.07) is 6.22. The average Bonchev–Trinajstić information content (AvgIpc) is 2.08. The molecule has 62 valence electrons. The van der Waals surface area contributed by atoms with E-state index in [0.717, 1.165) is 4.47 Å². The van der Waals surface area contributed by atoms with Crippen LogP contribution in [0.4, 0.5) is 0 Å². The number of aryl methyl sites for hydroxylation is 1. The zero-order valence-electron chi connectivity index (χ0n) is 7.26. The summed E-state index contributed by atoms with van der Waals surface area (Å²) in [7, 11) is 0. The molecule has 1 aromatic carbocycles. The second-order valence-electron chi connectivity index (χ2n) is 2.90. The maximum absolute atomic E-state index is 5.33. The lowest BCUT2D eigenvalue weighted by Crippen LogP contribution is -1.90. The second kappa shape index (κ2) is 3.78. The lowest BCUT2D eigenvalue weighted by molar-refractivity contribution is 1.00. The van der Waals surface area contributed by atoms with E-state index in [1.54, 1.807) is 0 Å². The summed E-state index contributed by atoms with van der Waals surface area (Å²) in [5.41, 5.74) is 2.44. The number of hydrogen-bond donors (Lipinski definition) is 0. The first-order valence-corrected chi connectivity index (χ1v) is 4.66. The largest absolute Gasteiger partial charge is 0.119 e. The van der Waals surface area contributed by atoms with Crippen molar-refractivity contribution < 1.29 is 0 Å². The number of terminal acetylenes is 1. The maximum atomic E-state index is 5.33. The van der Waals surface area contributed by atoms with E-state index in [1.165, 1.54) is 11.1 Å². The Kier molecular flexibility index (Phi) is 2.94. The summed E-state index contributed by atoms with van der Waals surface area (Å²) in [4.78, 5) is 0. The van der Waals surface area contributed by atoms with Gasteiger partial charge in [0.1, 0.15) is 0 Å². The zero-order chi connectivity index (χ0) is 9.14. The molecule has 0 aromatic heterocycles. The van der Waals surface area contributed by atoms with Crippen LogP contribution in [0.1, 0.15) is 24.0 Å². The van der Waals surface area contributed by atoms with Crippen LogP contribution in [0.2, 0.25) is 0 Å². The fraction of sp³-hybridized carbons (Fsp3) is 0.273. The van der Waals surface area contributed by atoms with Gasteiger partial charge in [0, 0.05) is 10.4 Å². The van der Waals surface area contributed by atoms with Crippen LogP contribution in [0.3, 0.4) is 0 Å². The third-order valence-electron chi connectivity index (χ3n) is 1.93. The van der Waals surface area contributed by atoms with Crippen molar-refractivity contribution in [2.75, 3.05) is 0 Å². The third-order valence-corrected chi connectivity index (χ3v) is 2.82. The number of benzene rings is 1. The summed E-state index contributed by atoms with van der Waals surface area (Å²) in [5.74, 6) is 2.92. The highest BCUT2D eigenvalue weighted by Gasteiger charge is 2.02. The van der Waals surface area contributed by atoms with Gasteiger partial charge < -0.3 is 0 Å². The van der Waals surface area contributed by atoms with Crippen LogP contribution in [0.15, 0.2) is 22.7 Å². The van der Waals surface area contributed by atoms with Crippen molar-refractivity contribution >= 4 is 15.9 Å². The molecule has 0 nitrogen and oxygen atoms in total. The molecule has 0 aliphatic carbocycles. The van der Waals surface area contributed by atoms with Crippen molar-refractivity contribution in [2.24, 2.45) is 0 Å². The highest BCUT2D eigenvalue weighted by molar-refractivity contribution is 9.10. The molecule has 0 heterocycles. The first kappa shape index (κ1) is 9.35. The summed E-state index contributed by atoms with van der Waals surface area (Å²) in [6.07, 6.45) is 5.33. The van der Waals surface area contributed by atoms with Crippen LogP contribution in [0.5, 0.6) is 0 Å². The minimum Gasteiger partial charge on any atom is -0.119 e. The van der Waals surface area contributed by atoms with Crippen LogP contribution in [0.25, 0.3) is 0 Å². The van der Waals surface area contributed by atoms with E-state index < -0.39 is 0 Å². The van der Waals surface area contributed by atoms with Gasteiger partial charge in [-0.3, -0.25) is 0 Å². The first-order chi connectivity index (χ1) is 5.65. The van der Waals surface area contributed by atoms with Gasteiger partial charge >= 0.3 is 0 Å². The molecule has 0 amide bonds. The topological polar surface area (TPSA) is 0 Å². The molecule has 0 N–H and O–H groups in total. The monoisotopic (exact) mass is 222 g/mol. The maximum Gasteiger partial charge on any atom is 0.0421 e. The molecule has 1 aromatic rings. The highest BCUT2D eigenvalue weighted by Crippen LogP contribution is 2.21. The molecule has 0 fully saturated rings. The molecule has 1 unspecified atom stereocenters. The average molecular weight is 223 g/mol. The van der Waals surface area contributed by atoms with Crippen LogP contribution in [0, 0.1) is 19.3 Å². The van der Waals surface area contributed by atoms with Crippen LogP contribution in [-0.4, -0.2) is 0 Å². The van der Waals surface area contributed by atoms with Crippen molar-refractivity contribution in [3.05, 3.63) is 33.8 Å².